The lowest BCUT2D eigenvalue weighted by atomic mass is 9.84. The molecule has 1 aromatic rings. The van der Waals surface area contributed by atoms with Gasteiger partial charge in [-0.3, -0.25) is 14.4 Å². The van der Waals surface area contributed by atoms with Crippen LogP contribution >= 0.6 is 11.8 Å². The molecule has 0 aromatic heterocycles. The molecule has 0 bridgehead atoms. The molecule has 1 aliphatic heterocycles. The first-order valence-electron chi connectivity index (χ1n) is 10.7. The molecule has 1 heterocycles. The first-order chi connectivity index (χ1) is 14.9. The number of esters is 1. The second-order valence-electron chi connectivity index (χ2n) is 7.90. The summed E-state index contributed by atoms with van der Waals surface area (Å²) < 4.78 is 18.9. The Morgan fingerprint density at radius 2 is 1.87 bits per heavy atom. The van der Waals surface area contributed by atoms with E-state index in [9.17, 15) is 18.8 Å². The van der Waals surface area contributed by atoms with E-state index in [2.05, 4.69) is 4.74 Å². The van der Waals surface area contributed by atoms with Crippen molar-refractivity contribution in [3.8, 4) is 0 Å². The summed E-state index contributed by atoms with van der Waals surface area (Å²) in [6.07, 6.45) is 4.58. The smallest absolute Gasteiger partial charge is 0.306 e. The predicted octanol–water partition coefficient (Wildman–Crippen LogP) is 3.14. The number of carbonyl (C=O) groups is 3. The fourth-order valence-corrected chi connectivity index (χ4v) is 4.44. The second-order valence-corrected chi connectivity index (χ2v) is 8.89. The van der Waals surface area contributed by atoms with E-state index in [0.29, 0.717) is 31.5 Å². The maximum Gasteiger partial charge on any atom is 0.306 e. The number of ether oxygens (including phenoxy) is 1. The number of carbonyl (C=O) groups excluding carboxylic acids is 3. The molecule has 6 nitrogen and oxygen atoms in total. The van der Waals surface area contributed by atoms with Crippen molar-refractivity contribution in [3.63, 3.8) is 0 Å². The number of likely N-dealkylation sites (N-methyl/N-ethyl adjacent to an activating group) is 1. The number of rotatable bonds is 10. The highest BCUT2D eigenvalue weighted by Crippen LogP contribution is 2.28. The number of hydrogen-bond acceptors (Lipinski definition) is 5. The van der Waals surface area contributed by atoms with Gasteiger partial charge in [0.2, 0.25) is 11.8 Å². The fourth-order valence-electron chi connectivity index (χ4n) is 4.06. The minimum absolute atomic E-state index is 0.0566. The summed E-state index contributed by atoms with van der Waals surface area (Å²) in [6.45, 7) is 1.15. The van der Waals surface area contributed by atoms with Gasteiger partial charge >= 0.3 is 5.97 Å². The third-order valence-electron chi connectivity index (χ3n) is 6.00. The number of nitrogens with zero attached hydrogens (tertiary/aromatic N) is 2. The molecule has 0 spiro atoms. The first-order valence-corrected chi connectivity index (χ1v) is 12.1. The zero-order valence-corrected chi connectivity index (χ0v) is 19.5. The SMILES string of the molecule is COC(=O)CCC(=O)N1CCC(C(Cc2ccccc2F)N(C)C(=O)CCSC)CC1. The van der Waals surface area contributed by atoms with Crippen molar-refractivity contribution < 1.29 is 23.5 Å². The lowest BCUT2D eigenvalue weighted by molar-refractivity contribution is -0.144. The maximum atomic E-state index is 14.3. The van der Waals surface area contributed by atoms with E-state index >= 15 is 0 Å². The number of hydrogen-bond donors (Lipinski definition) is 0. The van der Waals surface area contributed by atoms with Crippen molar-refractivity contribution in [2.75, 3.05) is 39.3 Å². The Labute approximate surface area is 188 Å². The van der Waals surface area contributed by atoms with Gasteiger partial charge in [-0.2, -0.15) is 11.8 Å². The van der Waals surface area contributed by atoms with E-state index in [0.717, 1.165) is 18.6 Å². The first kappa shape index (κ1) is 25.2. The van der Waals surface area contributed by atoms with Crippen molar-refractivity contribution in [3.05, 3.63) is 35.6 Å². The van der Waals surface area contributed by atoms with Gasteiger partial charge in [0.25, 0.3) is 0 Å². The zero-order chi connectivity index (χ0) is 22.8. The Balaban J connectivity index is 2.05. The molecule has 1 atom stereocenters. The standard InChI is InChI=1S/C23H33FN2O4S/c1-25(21(27)12-15-31-3)20(16-18-6-4-5-7-19(18)24)17-10-13-26(14-11-17)22(28)8-9-23(29)30-2/h4-7,17,20H,8-16H2,1-3H3. The van der Waals surface area contributed by atoms with E-state index in [1.54, 1.807) is 33.7 Å². The molecule has 1 saturated heterocycles. The number of likely N-dealkylation sites (tertiary alicyclic amines) is 1. The summed E-state index contributed by atoms with van der Waals surface area (Å²) in [7, 11) is 3.12. The van der Waals surface area contributed by atoms with Crippen LogP contribution in [0.2, 0.25) is 0 Å². The van der Waals surface area contributed by atoms with E-state index in [4.69, 9.17) is 0 Å². The number of piperidine rings is 1. The van der Waals surface area contributed by atoms with Crippen molar-refractivity contribution in [2.45, 2.75) is 44.6 Å². The van der Waals surface area contributed by atoms with Crippen LogP contribution in [-0.4, -0.2) is 72.9 Å². The van der Waals surface area contributed by atoms with Crippen molar-refractivity contribution in [1.29, 1.82) is 0 Å². The normalized spacial score (nSPS) is 15.4. The molecule has 1 fully saturated rings. The summed E-state index contributed by atoms with van der Waals surface area (Å²) in [6, 6.07) is 6.57. The van der Waals surface area contributed by atoms with Crippen LogP contribution in [0, 0.1) is 11.7 Å². The van der Waals surface area contributed by atoms with Crippen molar-refractivity contribution >= 4 is 29.5 Å². The topological polar surface area (TPSA) is 66.9 Å². The van der Waals surface area contributed by atoms with Crippen LogP contribution in [0.25, 0.3) is 0 Å². The van der Waals surface area contributed by atoms with Crippen LogP contribution in [0.3, 0.4) is 0 Å². The molecule has 1 aromatic carbocycles. The van der Waals surface area contributed by atoms with Crippen molar-refractivity contribution in [1.82, 2.24) is 9.80 Å². The molecule has 0 radical (unpaired) electrons. The molecule has 8 heteroatoms. The molecule has 1 aliphatic rings. The lowest BCUT2D eigenvalue weighted by Gasteiger charge is -2.40. The van der Waals surface area contributed by atoms with Gasteiger partial charge in [-0.15, -0.1) is 0 Å². The number of benzene rings is 1. The van der Waals surface area contributed by atoms with E-state index in [-0.39, 0.29) is 42.4 Å². The average Bonchev–Trinajstić information content (AvgIpc) is 2.79. The number of halogens is 1. The highest BCUT2D eigenvalue weighted by atomic mass is 32.2. The van der Waals surface area contributed by atoms with Gasteiger partial charge in [-0.25, -0.2) is 4.39 Å². The summed E-state index contributed by atoms with van der Waals surface area (Å²) in [5.41, 5.74) is 0.605. The van der Waals surface area contributed by atoms with E-state index in [1.807, 2.05) is 19.4 Å². The van der Waals surface area contributed by atoms with Crippen LogP contribution in [0.15, 0.2) is 24.3 Å². The van der Waals surface area contributed by atoms with E-state index < -0.39 is 5.97 Å². The molecule has 2 amide bonds. The molecule has 0 N–H and O–H groups in total. The molecule has 172 valence electrons. The monoisotopic (exact) mass is 452 g/mol. The molecule has 1 unspecified atom stereocenters. The van der Waals surface area contributed by atoms with Gasteiger partial charge in [0.1, 0.15) is 5.82 Å². The van der Waals surface area contributed by atoms with Crippen LogP contribution in [0.4, 0.5) is 4.39 Å². The van der Waals surface area contributed by atoms with Gasteiger partial charge in [0.15, 0.2) is 0 Å². The number of thioether (sulfide) groups is 1. The highest BCUT2D eigenvalue weighted by molar-refractivity contribution is 7.98. The predicted molar refractivity (Wildman–Crippen MR) is 120 cm³/mol. The number of amides is 2. The largest absolute Gasteiger partial charge is 0.469 e. The van der Waals surface area contributed by atoms with Gasteiger partial charge in [0, 0.05) is 44.8 Å². The summed E-state index contributed by atoms with van der Waals surface area (Å²) in [5.74, 6) is 0.285. The van der Waals surface area contributed by atoms with E-state index in [1.165, 1.54) is 13.2 Å². The summed E-state index contributed by atoms with van der Waals surface area (Å²) in [4.78, 5) is 40.0. The van der Waals surface area contributed by atoms with Crippen LogP contribution in [0.1, 0.15) is 37.7 Å². The van der Waals surface area contributed by atoms with Crippen LogP contribution in [0.5, 0.6) is 0 Å². The van der Waals surface area contributed by atoms with Gasteiger partial charge in [-0.1, -0.05) is 18.2 Å². The fraction of sp³-hybridized carbons (Fsp3) is 0.609. The molecular formula is C23H33FN2O4S. The summed E-state index contributed by atoms with van der Waals surface area (Å²) >= 11 is 1.63. The lowest BCUT2D eigenvalue weighted by Crippen LogP contribution is -2.48. The van der Waals surface area contributed by atoms with Crippen molar-refractivity contribution in [2.24, 2.45) is 5.92 Å². The quantitative estimate of drug-likeness (QED) is 0.510. The Hall–Kier alpha value is -2.09. The molecule has 2 rings (SSSR count). The second kappa shape index (κ2) is 12.7. The van der Waals surface area contributed by atoms with Gasteiger partial charge in [-0.05, 0) is 43.1 Å². The molecule has 0 aliphatic carbocycles. The van der Waals surface area contributed by atoms with Gasteiger partial charge < -0.3 is 14.5 Å². The highest BCUT2D eigenvalue weighted by Gasteiger charge is 2.33. The minimum atomic E-state index is -0.390. The Morgan fingerprint density at radius 1 is 1.19 bits per heavy atom. The van der Waals surface area contributed by atoms with Crippen LogP contribution < -0.4 is 0 Å². The third-order valence-corrected chi connectivity index (χ3v) is 6.62. The third kappa shape index (κ3) is 7.52. The molecule has 0 saturated carbocycles. The minimum Gasteiger partial charge on any atom is -0.469 e. The maximum absolute atomic E-state index is 14.3. The Kier molecular flexibility index (Phi) is 10.3. The average molecular weight is 453 g/mol. The zero-order valence-electron chi connectivity index (χ0n) is 18.6. The van der Waals surface area contributed by atoms with Crippen LogP contribution in [-0.2, 0) is 25.5 Å². The Bertz CT molecular complexity index is 753. The Morgan fingerprint density at radius 3 is 2.48 bits per heavy atom. The van der Waals surface area contributed by atoms with Gasteiger partial charge in [0.05, 0.1) is 13.5 Å². The summed E-state index contributed by atoms with van der Waals surface area (Å²) in [5, 5.41) is 0. The molecule has 31 heavy (non-hydrogen) atoms. The number of methoxy groups -OCH3 is 1. The molecular weight excluding hydrogens is 419 g/mol.